The number of aliphatic carboxylic acids is 1. The van der Waals surface area contributed by atoms with Crippen molar-refractivity contribution in [1.29, 1.82) is 0 Å². The van der Waals surface area contributed by atoms with Gasteiger partial charge in [-0.15, -0.1) is 0 Å². The van der Waals surface area contributed by atoms with Crippen LogP contribution in [0.5, 0.6) is 0 Å². The largest absolute Gasteiger partial charge is 0.478 e. The number of amides is 1. The van der Waals surface area contributed by atoms with E-state index in [1.54, 1.807) is 23.1 Å². The molecule has 1 amide bonds. The van der Waals surface area contributed by atoms with E-state index in [0.717, 1.165) is 0 Å². The van der Waals surface area contributed by atoms with E-state index < -0.39 is 11.9 Å². The van der Waals surface area contributed by atoms with Gasteiger partial charge in [0.05, 0.1) is 11.1 Å². The lowest BCUT2D eigenvalue weighted by Crippen LogP contribution is -2.25. The molecule has 6 heteroatoms. The molecule has 0 aromatic carbocycles. The van der Waals surface area contributed by atoms with Crippen LogP contribution in [0.2, 0.25) is 0 Å². The maximum Gasteiger partial charge on any atom is 0.337 e. The van der Waals surface area contributed by atoms with Gasteiger partial charge in [-0.25, -0.2) is 9.78 Å². The first-order valence-electron chi connectivity index (χ1n) is 5.22. The summed E-state index contributed by atoms with van der Waals surface area (Å²) >= 11 is 0. The van der Waals surface area contributed by atoms with Crippen LogP contribution in [0.3, 0.4) is 0 Å². The lowest BCUT2D eigenvalue weighted by Gasteiger charge is -2.22. The van der Waals surface area contributed by atoms with Crippen molar-refractivity contribution >= 4 is 17.7 Å². The molecule has 0 aliphatic carbocycles. The van der Waals surface area contributed by atoms with Gasteiger partial charge in [-0.05, 0) is 18.2 Å². The fourth-order valence-electron chi connectivity index (χ4n) is 1.65. The molecule has 0 bridgehead atoms. The molecule has 6 nitrogen and oxygen atoms in total. The van der Waals surface area contributed by atoms with Gasteiger partial charge in [-0.2, -0.15) is 0 Å². The molecule has 0 saturated carbocycles. The topological polar surface area (TPSA) is 96.5 Å². The highest BCUT2D eigenvalue weighted by molar-refractivity contribution is 5.98. The Bertz CT molecular complexity index is 563. The van der Waals surface area contributed by atoms with Crippen LogP contribution in [0, 0.1) is 0 Å². The van der Waals surface area contributed by atoms with E-state index in [0.29, 0.717) is 12.4 Å². The predicted octanol–water partition coefficient (Wildman–Crippen LogP) is 0.525. The van der Waals surface area contributed by atoms with Crippen molar-refractivity contribution in [2.75, 3.05) is 11.4 Å². The third kappa shape index (κ3) is 2.22. The molecule has 18 heavy (non-hydrogen) atoms. The van der Waals surface area contributed by atoms with Gasteiger partial charge in [0.15, 0.2) is 0 Å². The number of nitrogens with zero attached hydrogens (tertiary/aromatic N) is 2. The Labute approximate surface area is 103 Å². The number of carboxylic acid groups (broad SMARTS) is 1. The van der Waals surface area contributed by atoms with Gasteiger partial charge in [0, 0.05) is 18.9 Å². The standard InChI is InChI=1S/C12H11N3O3/c13-10(16)9-4-1-5-14-11(9)15-6-2-3-8(7-15)12(17)18/h1-5,7H,6H2,(H2,13,16)(H,17,18). The van der Waals surface area contributed by atoms with Gasteiger partial charge in [0.2, 0.25) is 0 Å². The van der Waals surface area contributed by atoms with Crippen molar-refractivity contribution in [3.63, 3.8) is 0 Å². The van der Waals surface area contributed by atoms with Crippen molar-refractivity contribution in [2.45, 2.75) is 0 Å². The summed E-state index contributed by atoms with van der Waals surface area (Å²) in [6.45, 7) is 0.439. The molecule has 1 aliphatic heterocycles. The summed E-state index contributed by atoms with van der Waals surface area (Å²) in [6, 6.07) is 3.16. The number of carbonyl (C=O) groups excluding carboxylic acids is 1. The number of pyridine rings is 1. The minimum atomic E-state index is -1.03. The van der Waals surface area contributed by atoms with E-state index in [2.05, 4.69) is 4.98 Å². The van der Waals surface area contributed by atoms with E-state index in [9.17, 15) is 9.59 Å². The van der Waals surface area contributed by atoms with E-state index in [-0.39, 0.29) is 11.1 Å². The molecule has 92 valence electrons. The number of hydrogen-bond acceptors (Lipinski definition) is 4. The second kappa shape index (κ2) is 4.70. The number of anilines is 1. The van der Waals surface area contributed by atoms with Crippen LogP contribution in [0.15, 0.2) is 42.3 Å². The second-order valence-electron chi connectivity index (χ2n) is 3.68. The monoisotopic (exact) mass is 245 g/mol. The molecule has 0 fully saturated rings. The SMILES string of the molecule is NC(=O)c1cccnc1N1C=C(C(=O)O)C=CC1. The fourth-order valence-corrected chi connectivity index (χ4v) is 1.65. The predicted molar refractivity (Wildman–Crippen MR) is 65.0 cm³/mol. The highest BCUT2D eigenvalue weighted by Gasteiger charge is 2.17. The average Bonchev–Trinajstić information content (AvgIpc) is 2.39. The molecule has 0 saturated heterocycles. The Morgan fingerprint density at radius 2 is 2.22 bits per heavy atom. The first-order valence-corrected chi connectivity index (χ1v) is 5.22. The summed E-state index contributed by atoms with van der Waals surface area (Å²) in [5.41, 5.74) is 5.64. The molecule has 2 rings (SSSR count). The van der Waals surface area contributed by atoms with Crippen LogP contribution in [0.1, 0.15) is 10.4 Å². The number of hydrogen-bond donors (Lipinski definition) is 2. The van der Waals surface area contributed by atoms with E-state index in [4.69, 9.17) is 10.8 Å². The summed E-state index contributed by atoms with van der Waals surface area (Å²) in [5, 5.41) is 8.92. The van der Waals surface area contributed by atoms with E-state index in [1.807, 2.05) is 0 Å². The van der Waals surface area contributed by atoms with Crippen molar-refractivity contribution in [3.05, 3.63) is 47.8 Å². The number of nitrogens with two attached hydrogens (primary N) is 1. The molecule has 2 heterocycles. The minimum absolute atomic E-state index is 0.127. The van der Waals surface area contributed by atoms with Crippen LogP contribution < -0.4 is 10.6 Å². The van der Waals surface area contributed by atoms with E-state index in [1.165, 1.54) is 18.5 Å². The van der Waals surface area contributed by atoms with Gasteiger partial charge >= 0.3 is 5.97 Å². The number of rotatable bonds is 3. The van der Waals surface area contributed by atoms with Gasteiger partial charge < -0.3 is 15.7 Å². The molecule has 0 unspecified atom stereocenters. The van der Waals surface area contributed by atoms with Crippen molar-refractivity contribution < 1.29 is 14.7 Å². The van der Waals surface area contributed by atoms with Crippen molar-refractivity contribution in [1.82, 2.24) is 4.98 Å². The third-order valence-electron chi connectivity index (χ3n) is 2.47. The molecular weight excluding hydrogens is 234 g/mol. The maximum atomic E-state index is 11.3. The van der Waals surface area contributed by atoms with Gasteiger partial charge in [-0.3, -0.25) is 4.79 Å². The summed E-state index contributed by atoms with van der Waals surface area (Å²) in [5.74, 6) is -1.28. The van der Waals surface area contributed by atoms with Crippen molar-refractivity contribution in [2.24, 2.45) is 5.73 Å². The first kappa shape index (κ1) is 11.8. The van der Waals surface area contributed by atoms with Gasteiger partial charge in [-0.1, -0.05) is 6.08 Å². The van der Waals surface area contributed by atoms with Gasteiger partial charge in [0.25, 0.3) is 5.91 Å². The molecule has 0 radical (unpaired) electrons. The second-order valence-corrected chi connectivity index (χ2v) is 3.68. The van der Waals surface area contributed by atoms with Crippen LogP contribution in [0.25, 0.3) is 0 Å². The highest BCUT2D eigenvalue weighted by atomic mass is 16.4. The first-order chi connectivity index (χ1) is 8.59. The lowest BCUT2D eigenvalue weighted by molar-refractivity contribution is -0.132. The quantitative estimate of drug-likeness (QED) is 0.809. The smallest absolute Gasteiger partial charge is 0.337 e. The highest BCUT2D eigenvalue weighted by Crippen LogP contribution is 2.20. The molecular formula is C12H11N3O3. The van der Waals surface area contributed by atoms with Crippen LogP contribution >= 0.6 is 0 Å². The summed E-state index contributed by atoms with van der Waals surface area (Å²) in [6.07, 6.45) is 6.14. The zero-order chi connectivity index (χ0) is 13.1. The zero-order valence-corrected chi connectivity index (χ0v) is 9.41. The number of carboxylic acids is 1. The molecule has 3 N–H and O–H groups in total. The lowest BCUT2D eigenvalue weighted by atomic mass is 10.1. The number of aromatic nitrogens is 1. The Hall–Kier alpha value is -2.63. The minimum Gasteiger partial charge on any atom is -0.478 e. The maximum absolute atomic E-state index is 11.3. The molecule has 1 aromatic heterocycles. The van der Waals surface area contributed by atoms with Crippen LogP contribution in [-0.4, -0.2) is 28.5 Å². The molecule has 0 atom stereocenters. The zero-order valence-electron chi connectivity index (χ0n) is 9.41. The molecule has 1 aromatic rings. The molecule has 0 spiro atoms. The van der Waals surface area contributed by atoms with Gasteiger partial charge in [0.1, 0.15) is 5.82 Å². The number of carbonyl (C=O) groups is 2. The summed E-state index contributed by atoms with van der Waals surface area (Å²) in [7, 11) is 0. The Morgan fingerprint density at radius 3 is 2.89 bits per heavy atom. The normalized spacial score (nSPS) is 14.2. The Balaban J connectivity index is 2.41. The Morgan fingerprint density at radius 1 is 1.44 bits per heavy atom. The van der Waals surface area contributed by atoms with E-state index >= 15 is 0 Å². The average molecular weight is 245 g/mol. The van der Waals surface area contributed by atoms with Crippen LogP contribution in [0.4, 0.5) is 5.82 Å². The Kier molecular flexibility index (Phi) is 3.09. The summed E-state index contributed by atoms with van der Waals surface area (Å²) < 4.78 is 0. The number of primary amides is 1. The van der Waals surface area contributed by atoms with Crippen molar-refractivity contribution in [3.8, 4) is 0 Å². The van der Waals surface area contributed by atoms with Crippen LogP contribution in [-0.2, 0) is 4.79 Å². The third-order valence-corrected chi connectivity index (χ3v) is 2.47. The fraction of sp³-hybridized carbons (Fsp3) is 0.0833. The summed E-state index contributed by atoms with van der Waals surface area (Å²) in [4.78, 5) is 27.8. The molecule has 1 aliphatic rings.